The first kappa shape index (κ1) is 81.8. The van der Waals surface area contributed by atoms with Gasteiger partial charge < -0.3 is 215 Å². The van der Waals surface area contributed by atoms with Crippen molar-refractivity contribution in [1.82, 2.24) is 37.2 Å². The highest BCUT2D eigenvalue weighted by atomic mass is 16.8. The molecule has 0 saturated carbocycles. The van der Waals surface area contributed by atoms with Crippen molar-refractivity contribution in [2.24, 2.45) is 40.1 Å². The molecule has 49 heteroatoms. The van der Waals surface area contributed by atoms with Gasteiger partial charge in [0.1, 0.15) is 153 Å². The fourth-order valence-corrected chi connectivity index (χ4v) is 11.8. The van der Waals surface area contributed by atoms with Crippen molar-refractivity contribution in [3.63, 3.8) is 0 Å². The molecule has 0 radical (unpaired) electrons. The average Bonchev–Trinajstić information content (AvgIpc) is 0.782. The van der Waals surface area contributed by atoms with E-state index in [-0.39, 0.29) is 6.61 Å². The molecule has 17 saturated heterocycles. The molecule has 41 N–H and O–H groups in total. The van der Waals surface area contributed by atoms with Crippen LogP contribution in [0.15, 0.2) is 12.7 Å². The molecule has 17 rings (SSSR count). The fraction of sp³-hybridized carbons (Fsp3) is 0.827. The van der Waals surface area contributed by atoms with E-state index >= 15 is 0 Å². The third kappa shape index (κ3) is 21.1. The zero-order chi connectivity index (χ0) is 74.6. The van der Waals surface area contributed by atoms with Crippen LogP contribution in [-0.2, 0) is 71.1 Å². The third-order valence-electron chi connectivity index (χ3n) is 16.9. The summed E-state index contributed by atoms with van der Waals surface area (Å²) >= 11 is 0. The van der Waals surface area contributed by atoms with Gasteiger partial charge in [0.15, 0.2) is 79.5 Å². The lowest BCUT2D eigenvalue weighted by Gasteiger charge is -2.50. The molecule has 0 spiro atoms. The van der Waals surface area contributed by atoms with Crippen LogP contribution in [0.1, 0.15) is 6.92 Å². The SMILES string of the molecule is C=CCOC1C2OC(CNC(=N)N)C(OC3OC(CNC(=N)N)C(OC4OC(CNC(=N)N)C(OC5OC(CNC(=N)N)C(OC6OC(CNC(=N)N)C(OC(C(O)O)OC(CNC(=N)N)C(C)OC7OC(CNC(=N)N)C(O2)C(O)C7O)C(O)C6O)C(O)C5O)C(O)C4O)C(O)C3O)C1O. The molecule has 17 fully saturated rings. The first-order valence-electron chi connectivity index (χ1n) is 31.4. The summed E-state index contributed by atoms with van der Waals surface area (Å²) in [6.07, 6.45) is -66.4. The molecule has 12 bridgehead atoms. The maximum absolute atomic E-state index is 12.4. The Labute approximate surface area is 574 Å². The Bertz CT molecular complexity index is 2760. The van der Waals surface area contributed by atoms with E-state index in [1.54, 1.807) is 0 Å². The monoisotopic (exact) mass is 1460 g/mol. The molecule has 33 atom stereocenters. The van der Waals surface area contributed by atoms with Gasteiger partial charge in [0, 0.05) is 45.8 Å². The lowest BCUT2D eigenvalue weighted by Crippen LogP contribution is -2.69. The number of aliphatic hydroxyl groups is 13. The van der Waals surface area contributed by atoms with Crippen molar-refractivity contribution in [1.29, 1.82) is 37.9 Å². The zero-order valence-electron chi connectivity index (χ0n) is 54.1. The van der Waals surface area contributed by atoms with Crippen LogP contribution in [0.3, 0.4) is 0 Å². The van der Waals surface area contributed by atoms with E-state index < -0.39 is 297 Å². The summed E-state index contributed by atoms with van der Waals surface area (Å²) in [5.74, 6) is -4.74. The van der Waals surface area contributed by atoms with Gasteiger partial charge in [-0.25, -0.2) is 0 Å². The van der Waals surface area contributed by atoms with E-state index in [1.807, 2.05) is 0 Å². The minimum Gasteiger partial charge on any atom is -0.387 e. The average molecular weight is 1460 g/mol. The van der Waals surface area contributed by atoms with Crippen LogP contribution in [-0.4, -0.2) is 370 Å². The van der Waals surface area contributed by atoms with E-state index in [0.29, 0.717) is 0 Å². The molecule has 33 unspecified atom stereocenters. The number of ether oxygens (including phenoxy) is 15. The molecule has 0 aromatic carbocycles. The van der Waals surface area contributed by atoms with Crippen LogP contribution in [0.4, 0.5) is 0 Å². The van der Waals surface area contributed by atoms with Crippen molar-refractivity contribution >= 4 is 41.7 Å². The topological polar surface area (TPSA) is 835 Å². The quantitative estimate of drug-likeness (QED) is 0.0262. The predicted molar refractivity (Wildman–Crippen MR) is 334 cm³/mol. The van der Waals surface area contributed by atoms with Crippen molar-refractivity contribution < 1.29 is 137 Å². The highest BCUT2D eigenvalue weighted by molar-refractivity contribution is 5.76. The minimum absolute atomic E-state index is 0.379. The Morgan fingerprint density at radius 1 is 0.337 bits per heavy atom. The number of nitrogens with two attached hydrogens (primary N) is 7. The van der Waals surface area contributed by atoms with Gasteiger partial charge in [-0.3, -0.25) is 37.9 Å². The predicted octanol–water partition coefficient (Wildman–Crippen LogP) is -17.0. The Balaban J connectivity index is 1.33. The van der Waals surface area contributed by atoms with Gasteiger partial charge >= 0.3 is 0 Å². The van der Waals surface area contributed by atoms with Gasteiger partial charge in [-0.1, -0.05) is 6.08 Å². The highest BCUT2D eigenvalue weighted by Crippen LogP contribution is 2.38. The van der Waals surface area contributed by atoms with Crippen LogP contribution in [0.2, 0.25) is 0 Å². The van der Waals surface area contributed by atoms with Crippen molar-refractivity contribution in [2.75, 3.05) is 52.4 Å². The molecule has 0 aromatic rings. The van der Waals surface area contributed by atoms with E-state index in [2.05, 4.69) is 43.8 Å². The summed E-state index contributed by atoms with van der Waals surface area (Å²) in [5.41, 5.74) is 39.6. The molecular weight excluding hydrogens is 1370 g/mol. The largest absolute Gasteiger partial charge is 0.387 e. The lowest BCUT2D eigenvalue weighted by molar-refractivity contribution is -0.393. The Morgan fingerprint density at radius 3 is 0.822 bits per heavy atom. The highest BCUT2D eigenvalue weighted by Gasteiger charge is 2.59. The summed E-state index contributed by atoms with van der Waals surface area (Å²) in [7, 11) is 0. The fourth-order valence-electron chi connectivity index (χ4n) is 11.8. The van der Waals surface area contributed by atoms with Crippen LogP contribution >= 0.6 is 0 Å². The van der Waals surface area contributed by atoms with Gasteiger partial charge in [-0.05, 0) is 6.92 Å². The zero-order valence-corrected chi connectivity index (χ0v) is 54.1. The van der Waals surface area contributed by atoms with Crippen molar-refractivity contribution in [2.45, 2.75) is 216 Å². The summed E-state index contributed by atoms with van der Waals surface area (Å²) in [4.78, 5) is 0. The molecule has 101 heavy (non-hydrogen) atoms. The number of guanidine groups is 7. The van der Waals surface area contributed by atoms with Gasteiger partial charge in [0.05, 0.1) is 12.7 Å². The maximum Gasteiger partial charge on any atom is 0.209 e. The number of aliphatic hydroxyl groups excluding tert-OH is 12. The molecule has 17 aliphatic heterocycles. The van der Waals surface area contributed by atoms with Gasteiger partial charge in [-0.15, -0.1) is 6.58 Å². The number of fused-ring (bicyclic) bond motifs is 1. The lowest BCUT2D eigenvalue weighted by atomic mass is 9.94. The standard InChI is InChI=1S/C52H97N21O28/c1-3-4-87-37-30(84)36-19(11-73-52(65)66)95-44(37)100-34-17(9-71-50(61)62)90-39(25(79)20(34)74)88-12(2)13(5-67-46(53)54)89-45(38(85)86)101-35-18(10-72-51(63)64)94-42(29(83)24(35)78)98-32-15(7-69-48(57)58)92-40(27(81)22(32)76)96-31-14(6-68-47(55)56)91-41(26(80)21(31)75)97-33-16(8-70-49(59)60)93-43(99-36)28(82)23(33)77/h3,12-45,74-86H,1,4-11H2,2H3,(H4,53,54,67)(H4,55,56,68)(H4,57,58,69)(H4,59,60,70)(H4,61,62,71)(H4,63,64,72)(H4,65,66,73). The second-order valence-electron chi connectivity index (χ2n) is 24.2. The van der Waals surface area contributed by atoms with E-state index in [1.165, 1.54) is 13.0 Å². The normalized spacial score (nSPS) is 42.5. The summed E-state index contributed by atoms with van der Waals surface area (Å²) in [5, 5.41) is 226. The smallest absolute Gasteiger partial charge is 0.209 e. The first-order chi connectivity index (χ1) is 47.6. The molecule has 49 nitrogen and oxygen atoms in total. The van der Waals surface area contributed by atoms with Crippen LogP contribution in [0.25, 0.3) is 0 Å². The van der Waals surface area contributed by atoms with E-state index in [4.69, 9.17) is 149 Å². The Hall–Kier alpha value is -6.49. The second-order valence-corrected chi connectivity index (χ2v) is 24.2. The Morgan fingerprint density at radius 2 is 0.564 bits per heavy atom. The molecule has 0 aromatic heterocycles. The van der Waals surface area contributed by atoms with Crippen LogP contribution < -0.4 is 77.4 Å². The first-order valence-corrected chi connectivity index (χ1v) is 31.4. The van der Waals surface area contributed by atoms with Crippen LogP contribution in [0, 0.1) is 37.9 Å². The maximum atomic E-state index is 12.4. The summed E-state index contributed by atoms with van der Waals surface area (Å²) < 4.78 is 91.9. The third-order valence-corrected chi connectivity index (χ3v) is 16.9. The minimum atomic E-state index is -2.70. The number of hydrogen-bond donors (Lipinski definition) is 34. The molecule has 0 amide bonds. The van der Waals surface area contributed by atoms with E-state index in [0.717, 1.165) is 0 Å². The van der Waals surface area contributed by atoms with Gasteiger partial charge in [0.25, 0.3) is 0 Å². The van der Waals surface area contributed by atoms with Crippen LogP contribution in [0.5, 0.6) is 0 Å². The summed E-state index contributed by atoms with van der Waals surface area (Å²) in [6, 6.07) is 0. The molecule has 17 heterocycles. The summed E-state index contributed by atoms with van der Waals surface area (Å²) in [6.45, 7) is 0.450. The van der Waals surface area contributed by atoms with Gasteiger partial charge in [-0.2, -0.15) is 0 Å². The number of rotatable bonds is 18. The molecule has 578 valence electrons. The Kier molecular flexibility index (Phi) is 29.8. The molecular formula is C52H97N21O28. The van der Waals surface area contributed by atoms with Crippen molar-refractivity contribution in [3.05, 3.63) is 12.7 Å². The van der Waals surface area contributed by atoms with Gasteiger partial charge in [0.2, 0.25) is 12.6 Å². The molecule has 0 aliphatic carbocycles. The van der Waals surface area contributed by atoms with Crippen molar-refractivity contribution in [3.8, 4) is 0 Å². The second kappa shape index (κ2) is 36.8. The molecule has 17 aliphatic rings. The number of nitrogens with one attached hydrogen (secondary N) is 14. The number of hydrogen-bond acceptors (Lipinski definition) is 35. The van der Waals surface area contributed by atoms with E-state index in [9.17, 15) is 66.4 Å².